The van der Waals surface area contributed by atoms with Crippen LogP contribution in [0.2, 0.25) is 0 Å². The van der Waals surface area contributed by atoms with Gasteiger partial charge in [-0.3, -0.25) is 4.79 Å². The Kier molecular flexibility index (Phi) is 2.44. The Labute approximate surface area is 80.1 Å². The van der Waals surface area contributed by atoms with Crippen LogP contribution in [0.5, 0.6) is 0 Å². The van der Waals surface area contributed by atoms with Gasteiger partial charge in [-0.15, -0.1) is 0 Å². The molecule has 0 aromatic rings. The second-order valence-corrected chi connectivity index (χ2v) is 3.54. The molecule has 2 fully saturated rings. The zero-order valence-corrected chi connectivity index (χ0v) is 7.37. The number of fused-ring (bicyclic) bond motifs is 1. The van der Waals surface area contributed by atoms with Crippen LogP contribution >= 0.6 is 0 Å². The zero-order valence-electron chi connectivity index (χ0n) is 7.37. The van der Waals surface area contributed by atoms with Gasteiger partial charge in [0.05, 0.1) is 13.0 Å². The standard InChI is InChI=1S/C8H12O6/c9-2-3(10)7-6(12)8-4(13-7)1-5(11)14-8/h3-4,6-10,12H,1-2H2/t3-,4+,6-,7-,8-/m1/s1. The molecular formula is C8H12O6. The van der Waals surface area contributed by atoms with E-state index in [-0.39, 0.29) is 6.42 Å². The molecule has 0 saturated carbocycles. The van der Waals surface area contributed by atoms with Gasteiger partial charge in [-0.05, 0) is 0 Å². The number of esters is 1. The smallest absolute Gasteiger partial charge is 0.309 e. The van der Waals surface area contributed by atoms with E-state index in [0.29, 0.717) is 0 Å². The molecule has 6 heteroatoms. The summed E-state index contributed by atoms with van der Waals surface area (Å²) in [6, 6.07) is 0. The molecule has 0 radical (unpaired) electrons. The average Bonchev–Trinajstić information content (AvgIpc) is 2.64. The van der Waals surface area contributed by atoms with Crippen LogP contribution < -0.4 is 0 Å². The summed E-state index contributed by atoms with van der Waals surface area (Å²) in [7, 11) is 0. The lowest BCUT2D eigenvalue weighted by atomic mass is 10.0. The van der Waals surface area contributed by atoms with Gasteiger partial charge in [0.25, 0.3) is 0 Å². The van der Waals surface area contributed by atoms with Gasteiger partial charge in [0, 0.05) is 0 Å². The molecule has 0 aromatic carbocycles. The fraction of sp³-hybridized carbons (Fsp3) is 0.875. The predicted octanol–water partition coefficient (Wildman–Crippen LogP) is -2.22. The number of aliphatic hydroxyl groups is 3. The summed E-state index contributed by atoms with van der Waals surface area (Å²) in [5.41, 5.74) is 0. The molecule has 3 N–H and O–H groups in total. The Morgan fingerprint density at radius 1 is 1.57 bits per heavy atom. The summed E-state index contributed by atoms with van der Waals surface area (Å²) in [5.74, 6) is -0.406. The lowest BCUT2D eigenvalue weighted by Crippen LogP contribution is -2.41. The van der Waals surface area contributed by atoms with E-state index in [2.05, 4.69) is 0 Å². The second-order valence-electron chi connectivity index (χ2n) is 3.54. The first-order chi connectivity index (χ1) is 6.63. The zero-order chi connectivity index (χ0) is 10.3. The molecule has 0 spiro atoms. The minimum Gasteiger partial charge on any atom is -0.457 e. The van der Waals surface area contributed by atoms with Crippen LogP contribution in [0, 0.1) is 0 Å². The molecule has 2 aliphatic rings. The molecule has 0 amide bonds. The highest BCUT2D eigenvalue weighted by atomic mass is 16.6. The fourth-order valence-electron chi connectivity index (χ4n) is 1.86. The molecular weight excluding hydrogens is 192 g/mol. The van der Waals surface area contributed by atoms with Crippen molar-refractivity contribution in [3.05, 3.63) is 0 Å². The third kappa shape index (κ3) is 1.40. The van der Waals surface area contributed by atoms with Crippen molar-refractivity contribution in [2.24, 2.45) is 0 Å². The van der Waals surface area contributed by atoms with Crippen molar-refractivity contribution in [1.82, 2.24) is 0 Å². The molecule has 0 unspecified atom stereocenters. The molecule has 0 bridgehead atoms. The van der Waals surface area contributed by atoms with Crippen LogP contribution in [0.3, 0.4) is 0 Å². The minimum atomic E-state index is -1.14. The van der Waals surface area contributed by atoms with Crippen molar-refractivity contribution in [3.8, 4) is 0 Å². The first-order valence-corrected chi connectivity index (χ1v) is 4.45. The summed E-state index contributed by atoms with van der Waals surface area (Å²) < 4.78 is 10.0. The highest BCUT2D eigenvalue weighted by molar-refractivity contribution is 5.73. The molecule has 5 atom stereocenters. The highest BCUT2D eigenvalue weighted by Crippen LogP contribution is 2.32. The van der Waals surface area contributed by atoms with Gasteiger partial charge < -0.3 is 24.8 Å². The summed E-state index contributed by atoms with van der Waals surface area (Å²) >= 11 is 0. The van der Waals surface area contributed by atoms with Gasteiger partial charge >= 0.3 is 5.97 Å². The lowest BCUT2D eigenvalue weighted by Gasteiger charge is -2.20. The maximum atomic E-state index is 10.8. The fourth-order valence-corrected chi connectivity index (χ4v) is 1.86. The number of hydrogen-bond donors (Lipinski definition) is 3. The van der Waals surface area contributed by atoms with E-state index in [1.165, 1.54) is 0 Å². The van der Waals surface area contributed by atoms with Gasteiger partial charge in [-0.2, -0.15) is 0 Å². The summed E-state index contributed by atoms with van der Waals surface area (Å²) in [5, 5.41) is 27.6. The first-order valence-electron chi connectivity index (χ1n) is 4.45. The monoisotopic (exact) mass is 204 g/mol. The topological polar surface area (TPSA) is 96.2 Å². The first kappa shape index (κ1) is 9.85. The SMILES string of the molecule is O=C1C[C@@H]2O[C@H]([C@H](O)CO)[C@@H](O)[C@@H]2O1. The van der Waals surface area contributed by atoms with Crippen LogP contribution in [0.4, 0.5) is 0 Å². The third-order valence-corrected chi connectivity index (χ3v) is 2.57. The predicted molar refractivity (Wildman–Crippen MR) is 42.3 cm³/mol. The van der Waals surface area contributed by atoms with E-state index >= 15 is 0 Å². The van der Waals surface area contributed by atoms with Crippen LogP contribution in [-0.2, 0) is 14.3 Å². The van der Waals surface area contributed by atoms with E-state index in [4.69, 9.17) is 14.6 Å². The normalized spacial score (nSPS) is 43.5. The number of hydrogen-bond acceptors (Lipinski definition) is 6. The molecule has 80 valence electrons. The highest BCUT2D eigenvalue weighted by Gasteiger charge is 2.52. The van der Waals surface area contributed by atoms with Crippen molar-refractivity contribution >= 4 is 5.97 Å². The van der Waals surface area contributed by atoms with Gasteiger partial charge in [-0.1, -0.05) is 0 Å². The number of aliphatic hydroxyl groups excluding tert-OH is 3. The van der Waals surface area contributed by atoms with Crippen LogP contribution in [0.25, 0.3) is 0 Å². The van der Waals surface area contributed by atoms with Gasteiger partial charge in [0.15, 0.2) is 6.10 Å². The Hall–Kier alpha value is -0.690. The third-order valence-electron chi connectivity index (χ3n) is 2.57. The summed E-state index contributed by atoms with van der Waals surface area (Å²) in [4.78, 5) is 10.8. The molecule has 2 aliphatic heterocycles. The Morgan fingerprint density at radius 3 is 2.86 bits per heavy atom. The number of carbonyl (C=O) groups is 1. The van der Waals surface area contributed by atoms with Crippen molar-refractivity contribution < 1.29 is 29.6 Å². The van der Waals surface area contributed by atoms with E-state index in [0.717, 1.165) is 0 Å². The lowest BCUT2D eigenvalue weighted by molar-refractivity contribution is -0.147. The van der Waals surface area contributed by atoms with Crippen molar-refractivity contribution in [1.29, 1.82) is 0 Å². The van der Waals surface area contributed by atoms with Gasteiger partial charge in [0.2, 0.25) is 0 Å². The van der Waals surface area contributed by atoms with Crippen molar-refractivity contribution in [2.75, 3.05) is 6.61 Å². The van der Waals surface area contributed by atoms with E-state index in [1.54, 1.807) is 0 Å². The maximum absolute atomic E-state index is 10.8. The quantitative estimate of drug-likeness (QED) is 0.441. The molecule has 2 rings (SSSR count). The average molecular weight is 204 g/mol. The molecule has 0 aromatic heterocycles. The number of rotatable bonds is 2. The largest absolute Gasteiger partial charge is 0.457 e. The summed E-state index contributed by atoms with van der Waals surface area (Å²) in [6.45, 7) is -0.491. The molecule has 6 nitrogen and oxygen atoms in total. The molecule has 2 heterocycles. The summed E-state index contributed by atoms with van der Waals surface area (Å²) in [6.07, 6.45) is -4.18. The van der Waals surface area contributed by atoms with Crippen LogP contribution in [0.1, 0.15) is 6.42 Å². The van der Waals surface area contributed by atoms with Crippen molar-refractivity contribution in [3.63, 3.8) is 0 Å². The van der Waals surface area contributed by atoms with Crippen LogP contribution in [0.15, 0.2) is 0 Å². The molecule has 14 heavy (non-hydrogen) atoms. The van der Waals surface area contributed by atoms with Crippen LogP contribution in [-0.4, -0.2) is 58.4 Å². The van der Waals surface area contributed by atoms with Gasteiger partial charge in [0.1, 0.15) is 24.4 Å². The van der Waals surface area contributed by atoms with E-state index in [1.807, 2.05) is 0 Å². The van der Waals surface area contributed by atoms with Gasteiger partial charge in [-0.25, -0.2) is 0 Å². The second kappa shape index (κ2) is 3.47. The molecule has 2 saturated heterocycles. The van der Waals surface area contributed by atoms with E-state index < -0.39 is 43.1 Å². The minimum absolute atomic E-state index is 0.0936. The van der Waals surface area contributed by atoms with Crippen molar-refractivity contribution in [2.45, 2.75) is 36.9 Å². The Morgan fingerprint density at radius 2 is 2.29 bits per heavy atom. The maximum Gasteiger partial charge on any atom is 0.309 e. The Bertz CT molecular complexity index is 242. The number of carbonyl (C=O) groups excluding carboxylic acids is 1. The molecule has 0 aliphatic carbocycles. The Balaban J connectivity index is 2.05. The van der Waals surface area contributed by atoms with E-state index in [9.17, 15) is 15.0 Å². The number of ether oxygens (including phenoxy) is 2.